The van der Waals surface area contributed by atoms with E-state index < -0.39 is 33.7 Å². The number of rotatable bonds is 6. The topological polar surface area (TPSA) is 118 Å². The monoisotopic (exact) mass is 474 g/mol. The summed E-state index contributed by atoms with van der Waals surface area (Å²) in [5, 5.41) is 2.69. The molecule has 33 heavy (non-hydrogen) atoms. The summed E-state index contributed by atoms with van der Waals surface area (Å²) in [5.41, 5.74) is 0.242. The highest BCUT2D eigenvalue weighted by molar-refractivity contribution is 7.89. The number of pyridine rings is 1. The number of hydrogen-bond donors (Lipinski definition) is 2. The molecule has 0 saturated carbocycles. The molecule has 2 aromatic rings. The molecule has 2 N–H and O–H groups in total. The first-order chi connectivity index (χ1) is 15.4. The predicted molar refractivity (Wildman–Crippen MR) is 124 cm³/mol. The van der Waals surface area contributed by atoms with Gasteiger partial charge in [0, 0.05) is 25.3 Å². The van der Waals surface area contributed by atoms with Crippen LogP contribution >= 0.6 is 0 Å². The van der Waals surface area contributed by atoms with Crippen LogP contribution in [0.4, 0.5) is 10.6 Å². The van der Waals surface area contributed by atoms with E-state index in [1.54, 1.807) is 27.7 Å². The van der Waals surface area contributed by atoms with Gasteiger partial charge in [-0.3, -0.25) is 4.79 Å². The average Bonchev–Trinajstić information content (AvgIpc) is 3.24. The minimum atomic E-state index is -3.78. The molecule has 2 amide bonds. The van der Waals surface area contributed by atoms with E-state index in [-0.39, 0.29) is 23.2 Å². The lowest BCUT2D eigenvalue weighted by atomic mass is 10.1. The minimum absolute atomic E-state index is 0.000229. The Morgan fingerprint density at radius 2 is 1.85 bits per heavy atom. The summed E-state index contributed by atoms with van der Waals surface area (Å²) in [6.07, 6.45) is 1.28. The SMILES string of the molecule is CC(NS(=O)(=O)c1ccc(NC(=O)C2CCN(C(=O)OC(C)(C)C)C2)nc1)c1ccccc1. The Hall–Kier alpha value is -2.98. The molecule has 2 unspecified atom stereocenters. The molecule has 0 aliphatic carbocycles. The molecule has 0 spiro atoms. The summed E-state index contributed by atoms with van der Waals surface area (Å²) in [4.78, 5) is 30.4. The number of nitrogens with zero attached hydrogens (tertiary/aromatic N) is 2. The van der Waals surface area contributed by atoms with Gasteiger partial charge in [0.05, 0.1) is 5.92 Å². The van der Waals surface area contributed by atoms with Crippen molar-refractivity contribution >= 4 is 27.8 Å². The second-order valence-electron chi connectivity index (χ2n) is 9.03. The van der Waals surface area contributed by atoms with Crippen molar-refractivity contribution in [2.75, 3.05) is 18.4 Å². The van der Waals surface area contributed by atoms with E-state index in [4.69, 9.17) is 4.74 Å². The second-order valence-corrected chi connectivity index (χ2v) is 10.7. The molecule has 10 heteroatoms. The number of anilines is 1. The zero-order valence-electron chi connectivity index (χ0n) is 19.2. The maximum absolute atomic E-state index is 12.7. The molecule has 9 nitrogen and oxygen atoms in total. The first-order valence-electron chi connectivity index (χ1n) is 10.8. The highest BCUT2D eigenvalue weighted by Gasteiger charge is 2.33. The van der Waals surface area contributed by atoms with Crippen molar-refractivity contribution in [3.8, 4) is 0 Å². The summed E-state index contributed by atoms with van der Waals surface area (Å²) in [7, 11) is -3.78. The van der Waals surface area contributed by atoms with Crippen LogP contribution < -0.4 is 10.0 Å². The third-order valence-electron chi connectivity index (χ3n) is 5.14. The van der Waals surface area contributed by atoms with Gasteiger partial charge in [0.25, 0.3) is 0 Å². The average molecular weight is 475 g/mol. The number of nitrogens with one attached hydrogen (secondary N) is 2. The van der Waals surface area contributed by atoms with Crippen LogP contribution in [0.5, 0.6) is 0 Å². The van der Waals surface area contributed by atoms with Gasteiger partial charge in [0.1, 0.15) is 16.3 Å². The smallest absolute Gasteiger partial charge is 0.410 e. The fourth-order valence-electron chi connectivity index (χ4n) is 3.42. The van der Waals surface area contributed by atoms with Crippen molar-refractivity contribution in [3.05, 3.63) is 54.2 Å². The number of amides is 2. The lowest BCUT2D eigenvalue weighted by Gasteiger charge is -2.24. The summed E-state index contributed by atoms with van der Waals surface area (Å²) < 4.78 is 33.3. The largest absolute Gasteiger partial charge is 0.444 e. The maximum atomic E-state index is 12.7. The van der Waals surface area contributed by atoms with Crippen LogP contribution in [0.15, 0.2) is 53.6 Å². The number of likely N-dealkylation sites (tertiary alicyclic amines) is 1. The van der Waals surface area contributed by atoms with Gasteiger partial charge in [0.15, 0.2) is 0 Å². The predicted octanol–water partition coefficient (Wildman–Crippen LogP) is 3.32. The number of carbonyl (C=O) groups excluding carboxylic acids is 2. The molecular formula is C23H30N4O5S. The normalized spacial score (nSPS) is 17.5. The van der Waals surface area contributed by atoms with E-state index in [0.29, 0.717) is 13.0 Å². The van der Waals surface area contributed by atoms with Gasteiger partial charge in [-0.1, -0.05) is 30.3 Å². The van der Waals surface area contributed by atoms with Gasteiger partial charge in [-0.25, -0.2) is 22.9 Å². The quantitative estimate of drug-likeness (QED) is 0.663. The van der Waals surface area contributed by atoms with Crippen molar-refractivity contribution in [1.82, 2.24) is 14.6 Å². The van der Waals surface area contributed by atoms with Gasteiger partial charge < -0.3 is 15.0 Å². The Labute approximate surface area is 194 Å². The third-order valence-corrected chi connectivity index (χ3v) is 6.67. The van der Waals surface area contributed by atoms with Crippen molar-refractivity contribution in [2.45, 2.75) is 50.7 Å². The number of hydrogen-bond acceptors (Lipinski definition) is 6. The molecule has 1 aromatic heterocycles. The standard InChI is InChI=1S/C23H30N4O5S/c1-16(17-8-6-5-7-9-17)26-33(30,31)19-10-11-20(24-14-19)25-21(28)18-12-13-27(15-18)22(29)32-23(2,3)4/h5-11,14,16,18,26H,12-13,15H2,1-4H3,(H,24,25,28). The van der Waals surface area contributed by atoms with E-state index in [2.05, 4.69) is 15.0 Å². The number of ether oxygens (including phenoxy) is 1. The fraction of sp³-hybridized carbons (Fsp3) is 0.435. The second kappa shape index (κ2) is 9.88. The first-order valence-corrected chi connectivity index (χ1v) is 12.2. The van der Waals surface area contributed by atoms with Gasteiger partial charge in [-0.15, -0.1) is 0 Å². The molecule has 178 valence electrons. The Kier molecular flexibility index (Phi) is 7.38. The van der Waals surface area contributed by atoms with Gasteiger partial charge in [0.2, 0.25) is 15.9 Å². The molecular weight excluding hydrogens is 444 g/mol. The van der Waals surface area contributed by atoms with Crippen LogP contribution in [0.3, 0.4) is 0 Å². The fourth-order valence-corrected chi connectivity index (χ4v) is 4.59. The number of carbonyl (C=O) groups is 2. The highest BCUT2D eigenvalue weighted by atomic mass is 32.2. The molecule has 3 rings (SSSR count). The first kappa shape index (κ1) is 24.7. The summed E-state index contributed by atoms with van der Waals surface area (Å²) in [6.45, 7) is 7.82. The van der Waals surface area contributed by atoms with Crippen molar-refractivity contribution in [3.63, 3.8) is 0 Å². The molecule has 1 saturated heterocycles. The van der Waals surface area contributed by atoms with E-state index in [0.717, 1.165) is 5.56 Å². The molecule has 1 fully saturated rings. The van der Waals surface area contributed by atoms with Crippen LogP contribution in [0, 0.1) is 5.92 Å². The van der Waals surface area contributed by atoms with Crippen molar-refractivity contribution in [1.29, 1.82) is 0 Å². The lowest BCUT2D eigenvalue weighted by Crippen LogP contribution is -2.36. The van der Waals surface area contributed by atoms with Crippen molar-refractivity contribution < 1.29 is 22.7 Å². The molecule has 0 radical (unpaired) electrons. The molecule has 1 aromatic carbocycles. The minimum Gasteiger partial charge on any atom is -0.444 e. The molecule has 2 heterocycles. The molecule has 1 aliphatic heterocycles. The van der Waals surface area contributed by atoms with Crippen LogP contribution in [0.1, 0.15) is 45.7 Å². The van der Waals surface area contributed by atoms with Crippen LogP contribution in [-0.2, 0) is 19.6 Å². The summed E-state index contributed by atoms with van der Waals surface area (Å²) >= 11 is 0. The van der Waals surface area contributed by atoms with E-state index in [9.17, 15) is 18.0 Å². The van der Waals surface area contributed by atoms with E-state index in [1.807, 2.05) is 30.3 Å². The number of sulfonamides is 1. The third kappa shape index (κ3) is 6.75. The van der Waals surface area contributed by atoms with Gasteiger partial charge in [-0.05, 0) is 51.8 Å². The number of aromatic nitrogens is 1. The van der Waals surface area contributed by atoms with Gasteiger partial charge >= 0.3 is 6.09 Å². The zero-order chi connectivity index (χ0) is 24.2. The summed E-state index contributed by atoms with van der Waals surface area (Å²) in [5.74, 6) is -0.429. The zero-order valence-corrected chi connectivity index (χ0v) is 20.1. The number of benzene rings is 1. The maximum Gasteiger partial charge on any atom is 0.410 e. The Morgan fingerprint density at radius 3 is 2.45 bits per heavy atom. The molecule has 0 bridgehead atoms. The highest BCUT2D eigenvalue weighted by Crippen LogP contribution is 2.22. The lowest BCUT2D eigenvalue weighted by molar-refractivity contribution is -0.119. The Morgan fingerprint density at radius 1 is 1.15 bits per heavy atom. The molecule has 2 atom stereocenters. The van der Waals surface area contributed by atoms with E-state index >= 15 is 0 Å². The van der Waals surface area contributed by atoms with E-state index in [1.165, 1.54) is 23.2 Å². The van der Waals surface area contributed by atoms with Crippen LogP contribution in [-0.4, -0.2) is 49.0 Å². The molecule has 1 aliphatic rings. The van der Waals surface area contributed by atoms with Crippen LogP contribution in [0.2, 0.25) is 0 Å². The van der Waals surface area contributed by atoms with Crippen LogP contribution in [0.25, 0.3) is 0 Å². The van der Waals surface area contributed by atoms with Crippen molar-refractivity contribution in [2.24, 2.45) is 5.92 Å². The summed E-state index contributed by atoms with van der Waals surface area (Å²) in [6, 6.07) is 11.7. The Bertz CT molecular complexity index is 1080. The Balaban J connectivity index is 1.57. The van der Waals surface area contributed by atoms with Gasteiger partial charge in [-0.2, -0.15) is 0 Å².